The normalized spacial score (nSPS) is 14.1. The van der Waals surface area contributed by atoms with Gasteiger partial charge < -0.3 is 10.2 Å². The summed E-state index contributed by atoms with van der Waals surface area (Å²) in [6.45, 7) is 4.52. The Kier molecular flexibility index (Phi) is 5.87. The molecule has 1 N–H and O–H groups in total. The molecule has 8 heteroatoms. The summed E-state index contributed by atoms with van der Waals surface area (Å²) in [5.74, 6) is 2.79. The lowest BCUT2D eigenvalue weighted by Gasteiger charge is -2.28. The average molecular weight is 412 g/mol. The summed E-state index contributed by atoms with van der Waals surface area (Å²) in [5, 5.41) is 3.65. The van der Waals surface area contributed by atoms with E-state index in [0.717, 1.165) is 18.7 Å². The number of nitrogens with one attached hydrogen (secondary N) is 1. The third-order valence-corrected chi connectivity index (χ3v) is 6.62. The molecule has 1 aliphatic rings. The molecule has 0 unspecified atom stereocenters. The van der Waals surface area contributed by atoms with Crippen molar-refractivity contribution in [3.05, 3.63) is 58.9 Å². The number of hydrogen-bond acceptors (Lipinski definition) is 7. The van der Waals surface area contributed by atoms with Crippen LogP contribution in [0.1, 0.15) is 20.9 Å². The van der Waals surface area contributed by atoms with Crippen LogP contribution in [0.25, 0.3) is 10.8 Å². The van der Waals surface area contributed by atoms with Crippen molar-refractivity contribution in [3.63, 3.8) is 0 Å². The molecule has 0 saturated carbocycles. The molecule has 3 heterocycles. The van der Waals surface area contributed by atoms with E-state index in [2.05, 4.69) is 49.4 Å². The molecule has 0 radical (unpaired) electrons. The molecule has 28 heavy (non-hydrogen) atoms. The maximum atomic E-state index is 12.6. The van der Waals surface area contributed by atoms with E-state index in [-0.39, 0.29) is 5.91 Å². The number of carbonyl (C=O) groups is 1. The SMILES string of the molecule is Cc1nc(-c2ncccn2)sc1C(=O)NCc1ccc(N2CCSCC2)cc1. The molecule has 3 aromatic rings. The van der Waals surface area contributed by atoms with E-state index < -0.39 is 0 Å². The van der Waals surface area contributed by atoms with Crippen LogP contribution >= 0.6 is 23.1 Å². The first-order valence-corrected chi connectivity index (χ1v) is 11.1. The second-order valence-corrected chi connectivity index (χ2v) is 8.68. The first kappa shape index (κ1) is 18.9. The summed E-state index contributed by atoms with van der Waals surface area (Å²) in [4.78, 5) is 28.5. The molecular weight excluding hydrogens is 390 g/mol. The molecule has 1 aromatic carbocycles. The minimum absolute atomic E-state index is 0.116. The number of thiazole rings is 1. The molecule has 6 nitrogen and oxygen atoms in total. The number of rotatable bonds is 5. The van der Waals surface area contributed by atoms with Gasteiger partial charge in [-0.1, -0.05) is 12.1 Å². The fraction of sp³-hybridized carbons (Fsp3) is 0.300. The number of aryl methyl sites for hydroxylation is 1. The van der Waals surface area contributed by atoms with Gasteiger partial charge >= 0.3 is 0 Å². The Morgan fingerprint density at radius 2 is 1.86 bits per heavy atom. The minimum Gasteiger partial charge on any atom is -0.370 e. The second-order valence-electron chi connectivity index (χ2n) is 6.45. The number of amides is 1. The van der Waals surface area contributed by atoms with Crippen LogP contribution in [0, 0.1) is 6.92 Å². The summed E-state index contributed by atoms with van der Waals surface area (Å²) >= 11 is 3.33. The van der Waals surface area contributed by atoms with Gasteiger partial charge in [-0.05, 0) is 30.7 Å². The largest absolute Gasteiger partial charge is 0.370 e. The third-order valence-electron chi connectivity index (χ3n) is 4.53. The van der Waals surface area contributed by atoms with Crippen molar-refractivity contribution >= 4 is 34.7 Å². The van der Waals surface area contributed by atoms with E-state index in [1.54, 1.807) is 18.5 Å². The highest BCUT2D eigenvalue weighted by molar-refractivity contribution is 7.99. The predicted octanol–water partition coefficient (Wildman–Crippen LogP) is 3.39. The zero-order valence-electron chi connectivity index (χ0n) is 15.6. The smallest absolute Gasteiger partial charge is 0.263 e. The molecule has 0 bridgehead atoms. The van der Waals surface area contributed by atoms with Gasteiger partial charge in [-0.3, -0.25) is 4.79 Å². The number of hydrogen-bond donors (Lipinski definition) is 1. The molecule has 0 aliphatic carbocycles. The van der Waals surface area contributed by atoms with Crippen molar-refractivity contribution in [1.82, 2.24) is 20.3 Å². The average Bonchev–Trinajstić information content (AvgIpc) is 3.15. The Bertz CT molecular complexity index is 937. The van der Waals surface area contributed by atoms with Crippen molar-refractivity contribution in [2.24, 2.45) is 0 Å². The van der Waals surface area contributed by atoms with Crippen LogP contribution in [0.4, 0.5) is 5.69 Å². The Morgan fingerprint density at radius 1 is 1.14 bits per heavy atom. The lowest BCUT2D eigenvalue weighted by atomic mass is 10.2. The van der Waals surface area contributed by atoms with Gasteiger partial charge in [0.25, 0.3) is 5.91 Å². The second kappa shape index (κ2) is 8.70. The van der Waals surface area contributed by atoms with E-state index in [1.807, 2.05) is 18.7 Å². The highest BCUT2D eigenvalue weighted by Crippen LogP contribution is 2.25. The van der Waals surface area contributed by atoms with E-state index >= 15 is 0 Å². The molecular formula is C20H21N5OS2. The van der Waals surface area contributed by atoms with E-state index in [1.165, 1.54) is 28.5 Å². The molecule has 1 aliphatic heterocycles. The quantitative estimate of drug-likeness (QED) is 0.694. The molecule has 1 saturated heterocycles. The van der Waals surface area contributed by atoms with Gasteiger partial charge in [0.05, 0.1) is 5.69 Å². The molecule has 2 aromatic heterocycles. The Balaban J connectivity index is 1.38. The third kappa shape index (κ3) is 4.34. The Morgan fingerprint density at radius 3 is 2.57 bits per heavy atom. The van der Waals surface area contributed by atoms with Gasteiger partial charge in [-0.25, -0.2) is 15.0 Å². The van der Waals surface area contributed by atoms with Gasteiger partial charge in [0, 0.05) is 49.2 Å². The highest BCUT2D eigenvalue weighted by atomic mass is 32.2. The Hall–Kier alpha value is -2.45. The fourth-order valence-electron chi connectivity index (χ4n) is 3.02. The van der Waals surface area contributed by atoms with Crippen LogP contribution in [-0.4, -0.2) is 45.5 Å². The molecule has 1 fully saturated rings. The zero-order valence-corrected chi connectivity index (χ0v) is 17.2. The summed E-state index contributed by atoms with van der Waals surface area (Å²) in [6, 6.07) is 10.2. The first-order chi connectivity index (χ1) is 13.7. The van der Waals surface area contributed by atoms with Gasteiger partial charge in [0.15, 0.2) is 10.8 Å². The number of aromatic nitrogens is 3. The highest BCUT2D eigenvalue weighted by Gasteiger charge is 2.17. The topological polar surface area (TPSA) is 71.0 Å². The number of nitrogens with zero attached hydrogens (tertiary/aromatic N) is 4. The van der Waals surface area contributed by atoms with Crippen molar-refractivity contribution in [3.8, 4) is 10.8 Å². The van der Waals surface area contributed by atoms with Gasteiger partial charge in [0.2, 0.25) is 0 Å². The van der Waals surface area contributed by atoms with Gasteiger partial charge in [-0.2, -0.15) is 11.8 Å². The summed E-state index contributed by atoms with van der Waals surface area (Å²) in [6.07, 6.45) is 3.34. The minimum atomic E-state index is -0.116. The lowest BCUT2D eigenvalue weighted by Crippen LogP contribution is -2.32. The predicted molar refractivity (Wildman–Crippen MR) is 115 cm³/mol. The molecule has 4 rings (SSSR count). The van der Waals surface area contributed by atoms with Crippen LogP contribution in [-0.2, 0) is 6.54 Å². The van der Waals surface area contributed by atoms with E-state index in [4.69, 9.17) is 0 Å². The van der Waals surface area contributed by atoms with Crippen molar-refractivity contribution < 1.29 is 4.79 Å². The zero-order chi connectivity index (χ0) is 19.3. The summed E-state index contributed by atoms with van der Waals surface area (Å²) < 4.78 is 0. The van der Waals surface area contributed by atoms with Crippen molar-refractivity contribution in [2.75, 3.05) is 29.5 Å². The lowest BCUT2D eigenvalue weighted by molar-refractivity contribution is 0.0954. The van der Waals surface area contributed by atoms with Gasteiger partial charge in [0.1, 0.15) is 4.88 Å². The van der Waals surface area contributed by atoms with Crippen LogP contribution < -0.4 is 10.2 Å². The van der Waals surface area contributed by atoms with Crippen molar-refractivity contribution in [1.29, 1.82) is 0 Å². The molecule has 144 valence electrons. The summed E-state index contributed by atoms with van der Waals surface area (Å²) in [5.41, 5.74) is 3.03. The van der Waals surface area contributed by atoms with Crippen LogP contribution in [0.15, 0.2) is 42.7 Å². The fourth-order valence-corrected chi connectivity index (χ4v) is 4.85. The maximum absolute atomic E-state index is 12.6. The molecule has 0 atom stereocenters. The standard InChI is InChI=1S/C20H21N5OS2/c1-14-17(28-20(24-14)18-21-7-2-8-22-18)19(26)23-13-15-3-5-16(6-4-15)25-9-11-27-12-10-25/h2-8H,9-13H2,1H3,(H,23,26). The summed E-state index contributed by atoms with van der Waals surface area (Å²) in [7, 11) is 0. The van der Waals surface area contributed by atoms with Gasteiger partial charge in [-0.15, -0.1) is 11.3 Å². The molecule has 0 spiro atoms. The van der Waals surface area contributed by atoms with Crippen LogP contribution in [0.5, 0.6) is 0 Å². The maximum Gasteiger partial charge on any atom is 0.263 e. The number of thioether (sulfide) groups is 1. The van der Waals surface area contributed by atoms with Crippen LogP contribution in [0.3, 0.4) is 0 Å². The Labute approximate surface area is 172 Å². The van der Waals surface area contributed by atoms with E-state index in [9.17, 15) is 4.79 Å². The van der Waals surface area contributed by atoms with Crippen LogP contribution in [0.2, 0.25) is 0 Å². The number of carbonyl (C=O) groups excluding carboxylic acids is 1. The van der Waals surface area contributed by atoms with Crippen molar-refractivity contribution in [2.45, 2.75) is 13.5 Å². The monoisotopic (exact) mass is 411 g/mol. The number of benzene rings is 1. The first-order valence-electron chi connectivity index (χ1n) is 9.15. The molecule has 1 amide bonds. The number of anilines is 1. The van der Waals surface area contributed by atoms with E-state index in [0.29, 0.717) is 27.9 Å².